The number of benzene rings is 2. The molecule has 0 amide bonds. The van der Waals surface area contributed by atoms with Gasteiger partial charge < -0.3 is 18.9 Å². The van der Waals surface area contributed by atoms with Crippen LogP contribution >= 0.6 is 23.7 Å². The molecule has 0 radical (unpaired) electrons. The molecule has 1 heterocycles. The van der Waals surface area contributed by atoms with E-state index >= 15 is 4.39 Å². The van der Waals surface area contributed by atoms with Gasteiger partial charge in [0, 0.05) is 44.0 Å². The molecule has 38 heavy (non-hydrogen) atoms. The lowest BCUT2D eigenvalue weighted by Crippen LogP contribution is -2.40. The van der Waals surface area contributed by atoms with Crippen LogP contribution in [0, 0.1) is 17.7 Å². The van der Waals surface area contributed by atoms with E-state index in [2.05, 4.69) is 33.0 Å². The fourth-order valence-electron chi connectivity index (χ4n) is 3.80. The molecular weight excluding hydrogens is 544 g/mol. The van der Waals surface area contributed by atoms with Crippen molar-refractivity contribution < 1.29 is 18.5 Å². The van der Waals surface area contributed by atoms with Crippen LogP contribution in [-0.2, 0) is 16.0 Å². The second-order valence-corrected chi connectivity index (χ2v) is 11.6. The highest BCUT2D eigenvalue weighted by atomic mass is 32.2. The zero-order valence-electron chi connectivity index (χ0n) is 21.6. The molecule has 202 valence electrons. The molecule has 2 aromatic carbocycles. The Labute approximate surface area is 235 Å². The van der Waals surface area contributed by atoms with Crippen molar-refractivity contribution in [2.75, 3.05) is 49.3 Å². The summed E-state index contributed by atoms with van der Waals surface area (Å²) < 4.78 is 35.0. The lowest BCUT2D eigenvalue weighted by atomic mass is 10.00. The predicted molar refractivity (Wildman–Crippen MR) is 158 cm³/mol. The third-order valence-corrected chi connectivity index (χ3v) is 8.83. The summed E-state index contributed by atoms with van der Waals surface area (Å²) in [4.78, 5) is 19.7. The Balaban J connectivity index is 1.82. The molecule has 0 aliphatic carbocycles. The summed E-state index contributed by atoms with van der Waals surface area (Å²) >= 11 is 1.67. The van der Waals surface area contributed by atoms with Crippen molar-refractivity contribution in [1.29, 1.82) is 0 Å². The highest BCUT2D eigenvalue weighted by molar-refractivity contribution is 8.14. The van der Waals surface area contributed by atoms with Gasteiger partial charge >= 0.3 is 0 Å². The highest BCUT2D eigenvalue weighted by Gasteiger charge is 2.22. The van der Waals surface area contributed by atoms with Crippen molar-refractivity contribution in [3.8, 4) is 17.6 Å². The van der Waals surface area contributed by atoms with Crippen LogP contribution in [0.2, 0.25) is 0 Å². The number of anilines is 1. The lowest BCUT2D eigenvalue weighted by Gasteiger charge is -2.29. The van der Waals surface area contributed by atoms with Crippen molar-refractivity contribution in [3.63, 3.8) is 0 Å². The van der Waals surface area contributed by atoms with Gasteiger partial charge in [0.25, 0.3) is 6.47 Å². The number of carbonyl (C=O) groups is 1. The SMILES string of the molecule is C=C/N=C(/NSc1cc(OC=O)c(N(C)[C@H](C)c2ccccc2C#CCN2CC[S+]([O-])CC2)cc1F)SC. The number of hydrogen-bond donors (Lipinski definition) is 1. The average Bonchev–Trinajstić information content (AvgIpc) is 2.93. The normalized spacial score (nSPS) is 15.2. The monoisotopic (exact) mass is 574 g/mol. The van der Waals surface area contributed by atoms with E-state index in [-0.39, 0.29) is 16.7 Å². The van der Waals surface area contributed by atoms with Gasteiger partial charge in [-0.15, -0.1) is 0 Å². The van der Waals surface area contributed by atoms with E-state index in [1.807, 2.05) is 49.4 Å². The number of thioether (sulfide) groups is 1. The topological polar surface area (TPSA) is 80.2 Å². The number of nitrogens with zero attached hydrogens (tertiary/aromatic N) is 3. The summed E-state index contributed by atoms with van der Waals surface area (Å²) in [7, 11) is 1.82. The van der Waals surface area contributed by atoms with Crippen LogP contribution in [0.4, 0.5) is 10.1 Å². The minimum Gasteiger partial charge on any atom is -0.616 e. The number of hydrogen-bond acceptors (Lipinski definition) is 8. The van der Waals surface area contributed by atoms with Gasteiger partial charge in [0.1, 0.15) is 17.3 Å². The molecule has 1 aliphatic rings. The van der Waals surface area contributed by atoms with Crippen molar-refractivity contribution in [2.24, 2.45) is 4.99 Å². The minimum atomic E-state index is -0.717. The van der Waals surface area contributed by atoms with Crippen molar-refractivity contribution in [1.82, 2.24) is 9.62 Å². The Hall–Kier alpha value is -2.62. The average molecular weight is 575 g/mol. The van der Waals surface area contributed by atoms with Crippen LogP contribution in [0.25, 0.3) is 0 Å². The number of ether oxygens (including phenoxy) is 1. The molecule has 3 rings (SSSR count). The number of aliphatic imine (C=N–C) groups is 1. The zero-order valence-corrected chi connectivity index (χ0v) is 24.1. The molecule has 1 saturated heterocycles. The van der Waals surface area contributed by atoms with Crippen LogP contribution in [-0.4, -0.2) is 65.5 Å². The highest BCUT2D eigenvalue weighted by Crippen LogP contribution is 2.38. The van der Waals surface area contributed by atoms with Gasteiger partial charge in [0.2, 0.25) is 0 Å². The first kappa shape index (κ1) is 29.9. The fourth-order valence-corrected chi connectivity index (χ4v) is 6.14. The molecule has 0 unspecified atom stereocenters. The van der Waals surface area contributed by atoms with Crippen LogP contribution in [0.3, 0.4) is 0 Å². The van der Waals surface area contributed by atoms with Crippen LogP contribution in [0.5, 0.6) is 5.75 Å². The molecule has 0 spiro atoms. The summed E-state index contributed by atoms with van der Waals surface area (Å²) in [5.41, 5.74) is 2.26. The standard InChI is InChI=1S/C27H31FN4O3S3/c1-5-29-27(36-4)30-37-26-18-25(35-19-33)24(17-23(26)28)31(3)20(2)22-11-7-6-9-21(22)10-8-12-32-13-15-38(34)16-14-32/h5-7,9,11,17-20H,1,12-16H2,2-4H3,(H,29,30)/t20-/m1/s1. The smallest absolute Gasteiger partial charge is 0.298 e. The Bertz CT molecular complexity index is 1210. The number of amidine groups is 1. The van der Waals surface area contributed by atoms with Gasteiger partial charge in [-0.25, -0.2) is 9.38 Å². The maximum absolute atomic E-state index is 15.1. The third kappa shape index (κ3) is 8.19. The molecule has 0 saturated carbocycles. The van der Waals surface area contributed by atoms with E-state index < -0.39 is 17.0 Å². The Morgan fingerprint density at radius 1 is 1.39 bits per heavy atom. The van der Waals surface area contributed by atoms with Crippen molar-refractivity contribution in [2.45, 2.75) is 17.9 Å². The molecule has 1 aliphatic heterocycles. The Morgan fingerprint density at radius 2 is 2.13 bits per heavy atom. The summed E-state index contributed by atoms with van der Waals surface area (Å²) in [6.45, 7) is 8.08. The van der Waals surface area contributed by atoms with E-state index in [0.717, 1.165) is 36.2 Å². The predicted octanol–water partition coefficient (Wildman–Crippen LogP) is 4.43. The van der Waals surface area contributed by atoms with Crippen LogP contribution < -0.4 is 14.4 Å². The third-order valence-electron chi connectivity index (χ3n) is 6.01. The zero-order chi connectivity index (χ0) is 27.5. The van der Waals surface area contributed by atoms with E-state index in [4.69, 9.17) is 4.74 Å². The molecule has 1 atom stereocenters. The lowest BCUT2D eigenvalue weighted by molar-refractivity contribution is -0.120. The number of halogens is 1. The van der Waals surface area contributed by atoms with Gasteiger partial charge in [0.15, 0.2) is 10.9 Å². The fraction of sp³-hybridized carbons (Fsp3) is 0.333. The van der Waals surface area contributed by atoms with Gasteiger partial charge in [0.05, 0.1) is 23.2 Å². The minimum absolute atomic E-state index is 0.203. The van der Waals surface area contributed by atoms with Gasteiger partial charge in [-0.2, -0.15) is 0 Å². The first-order valence-electron chi connectivity index (χ1n) is 11.8. The molecule has 11 heteroatoms. The number of nitrogens with one attached hydrogen (secondary N) is 1. The molecular formula is C27H31FN4O3S3. The first-order chi connectivity index (χ1) is 18.4. The molecule has 2 aromatic rings. The Morgan fingerprint density at radius 3 is 2.82 bits per heavy atom. The van der Waals surface area contributed by atoms with E-state index in [9.17, 15) is 9.35 Å². The molecule has 7 nitrogen and oxygen atoms in total. The quantitative estimate of drug-likeness (QED) is 0.118. The van der Waals surface area contributed by atoms with Gasteiger partial charge in [-0.05, 0) is 36.8 Å². The number of rotatable bonds is 9. The molecule has 1 N–H and O–H groups in total. The molecule has 0 bridgehead atoms. The summed E-state index contributed by atoms with van der Waals surface area (Å²) in [5, 5.41) is 0.560. The second-order valence-electron chi connectivity index (χ2n) is 8.29. The Kier molecular flexibility index (Phi) is 11.9. The van der Waals surface area contributed by atoms with Gasteiger partial charge in [-0.1, -0.05) is 59.6 Å². The first-order valence-corrected chi connectivity index (χ1v) is 15.4. The summed E-state index contributed by atoms with van der Waals surface area (Å²) in [5.74, 6) is 7.67. The maximum atomic E-state index is 15.1. The second kappa shape index (κ2) is 15.1. The van der Waals surface area contributed by atoms with E-state index in [1.54, 1.807) is 0 Å². The molecule has 1 fully saturated rings. The van der Waals surface area contributed by atoms with Crippen molar-refractivity contribution >= 4 is 52.2 Å². The summed E-state index contributed by atoms with van der Waals surface area (Å²) in [6.07, 6.45) is 3.24. The van der Waals surface area contributed by atoms with E-state index in [0.29, 0.717) is 35.4 Å². The largest absolute Gasteiger partial charge is 0.616 e. The maximum Gasteiger partial charge on any atom is 0.298 e. The summed E-state index contributed by atoms with van der Waals surface area (Å²) in [6, 6.07) is 10.5. The van der Waals surface area contributed by atoms with Crippen LogP contribution in [0.1, 0.15) is 24.1 Å². The van der Waals surface area contributed by atoms with Gasteiger partial charge in [-0.3, -0.25) is 9.69 Å². The van der Waals surface area contributed by atoms with Crippen LogP contribution in [0.15, 0.2) is 59.1 Å². The number of carbonyl (C=O) groups excluding carboxylic acids is 1. The van der Waals surface area contributed by atoms with Crippen molar-refractivity contribution in [3.05, 3.63) is 66.1 Å². The molecule has 0 aromatic heterocycles. The van der Waals surface area contributed by atoms with E-state index in [1.165, 1.54) is 30.1 Å².